The van der Waals surface area contributed by atoms with E-state index in [-0.39, 0.29) is 5.41 Å². The van der Waals surface area contributed by atoms with Gasteiger partial charge in [-0.3, -0.25) is 0 Å². The zero-order valence-corrected chi connectivity index (χ0v) is 16.6. The van der Waals surface area contributed by atoms with E-state index in [1.807, 2.05) is 0 Å². The monoisotopic (exact) mass is 370 g/mol. The normalized spacial score (nSPS) is 11.0. The average molecular weight is 371 g/mol. The molecule has 0 atom stereocenters. The van der Waals surface area contributed by atoms with Crippen molar-refractivity contribution in [2.24, 2.45) is 0 Å². The Balaban J connectivity index is 2.35. The lowest BCUT2D eigenvalue weighted by atomic mass is 9.73. The molecule has 2 rings (SSSR count). The fraction of sp³-hybridized carbons (Fsp3) is 0.333. The van der Waals surface area contributed by atoms with E-state index in [1.165, 1.54) is 22.3 Å². The third-order valence-corrected chi connectivity index (χ3v) is 4.96. The van der Waals surface area contributed by atoms with Crippen LogP contribution in [0.25, 0.3) is 0 Å². The first-order valence-corrected chi connectivity index (χ1v) is 9.56. The zero-order valence-electron chi connectivity index (χ0n) is 14.9. The molecule has 0 aliphatic carbocycles. The van der Waals surface area contributed by atoms with Crippen molar-refractivity contribution in [2.45, 2.75) is 32.1 Å². The molecule has 0 saturated heterocycles. The molecular formula is C21H26N2S2. The maximum atomic E-state index is 4.87. The van der Waals surface area contributed by atoms with Gasteiger partial charge in [0.15, 0.2) is 0 Å². The van der Waals surface area contributed by atoms with Crippen LogP contribution >= 0.6 is 24.4 Å². The van der Waals surface area contributed by atoms with E-state index in [0.29, 0.717) is 0 Å². The second kappa shape index (κ2) is 9.64. The second-order valence-electron chi connectivity index (χ2n) is 6.58. The highest BCUT2D eigenvalue weighted by atomic mass is 32.1. The number of benzene rings is 2. The van der Waals surface area contributed by atoms with E-state index >= 15 is 0 Å². The van der Waals surface area contributed by atoms with Gasteiger partial charge in [-0.1, -0.05) is 86.8 Å². The number of thiocarbonyl (C=S) groups is 2. The van der Waals surface area contributed by atoms with E-state index in [4.69, 9.17) is 24.4 Å². The lowest BCUT2D eigenvalue weighted by Gasteiger charge is -2.31. The van der Waals surface area contributed by atoms with Gasteiger partial charge in [-0.15, -0.1) is 0 Å². The fourth-order valence-corrected chi connectivity index (χ4v) is 3.61. The number of rotatable bonds is 10. The Morgan fingerprint density at radius 1 is 0.760 bits per heavy atom. The van der Waals surface area contributed by atoms with Crippen LogP contribution in [-0.2, 0) is 18.3 Å². The summed E-state index contributed by atoms with van der Waals surface area (Å²) in [6, 6.07) is 17.4. The largest absolute Gasteiger partial charge is 0.382 e. The lowest BCUT2D eigenvalue weighted by molar-refractivity contribution is 0.620. The molecule has 2 nitrogen and oxygen atoms in total. The minimum Gasteiger partial charge on any atom is -0.382 e. The maximum absolute atomic E-state index is 4.87. The van der Waals surface area contributed by atoms with E-state index < -0.39 is 0 Å². The van der Waals surface area contributed by atoms with E-state index in [0.717, 1.165) is 25.9 Å². The molecule has 0 saturated carbocycles. The van der Waals surface area contributed by atoms with E-state index in [1.54, 1.807) is 11.0 Å². The predicted molar refractivity (Wildman–Crippen MR) is 116 cm³/mol. The van der Waals surface area contributed by atoms with Gasteiger partial charge in [0.1, 0.15) is 0 Å². The van der Waals surface area contributed by atoms with Crippen LogP contribution in [0.1, 0.15) is 36.1 Å². The van der Waals surface area contributed by atoms with Gasteiger partial charge in [0, 0.05) is 18.5 Å². The molecule has 2 aromatic rings. The van der Waals surface area contributed by atoms with Crippen LogP contribution in [0.15, 0.2) is 48.5 Å². The molecule has 0 heterocycles. The van der Waals surface area contributed by atoms with Gasteiger partial charge in [0.2, 0.25) is 0 Å². The van der Waals surface area contributed by atoms with Crippen LogP contribution in [0.4, 0.5) is 0 Å². The van der Waals surface area contributed by atoms with Gasteiger partial charge in [-0.25, -0.2) is 0 Å². The van der Waals surface area contributed by atoms with Crippen molar-refractivity contribution >= 4 is 35.4 Å². The van der Waals surface area contributed by atoms with Crippen LogP contribution in [0.2, 0.25) is 0 Å². The summed E-state index contributed by atoms with van der Waals surface area (Å²) < 4.78 is 0. The molecule has 0 radical (unpaired) electrons. The maximum Gasteiger partial charge on any atom is 0.0614 e. The summed E-state index contributed by atoms with van der Waals surface area (Å²) >= 11 is 9.73. The van der Waals surface area contributed by atoms with Crippen molar-refractivity contribution in [3.63, 3.8) is 0 Å². The van der Waals surface area contributed by atoms with Gasteiger partial charge in [0.05, 0.1) is 11.0 Å². The molecule has 0 bridgehead atoms. The SMILES string of the molecule is CC(C)(c1ccccc1CCNC=S)c1ccccc1CCNC=S. The molecule has 0 amide bonds. The smallest absolute Gasteiger partial charge is 0.0614 e. The van der Waals surface area contributed by atoms with Crippen LogP contribution in [0.3, 0.4) is 0 Å². The molecule has 2 N–H and O–H groups in total. The Kier molecular flexibility index (Phi) is 7.53. The summed E-state index contributed by atoms with van der Waals surface area (Å²) in [4.78, 5) is 0. The van der Waals surface area contributed by atoms with Gasteiger partial charge in [0.25, 0.3) is 0 Å². The lowest BCUT2D eigenvalue weighted by Crippen LogP contribution is -2.25. The van der Waals surface area contributed by atoms with Crippen LogP contribution < -0.4 is 10.6 Å². The first-order chi connectivity index (χ1) is 12.1. The summed E-state index contributed by atoms with van der Waals surface area (Å²) in [7, 11) is 0. The topological polar surface area (TPSA) is 24.1 Å². The Bertz CT molecular complexity index is 651. The molecule has 132 valence electrons. The Morgan fingerprint density at radius 3 is 1.56 bits per heavy atom. The molecular weight excluding hydrogens is 344 g/mol. The van der Waals surface area contributed by atoms with E-state index in [9.17, 15) is 0 Å². The third-order valence-electron chi connectivity index (χ3n) is 4.63. The zero-order chi connectivity index (χ0) is 18.1. The summed E-state index contributed by atoms with van der Waals surface area (Å²) in [5.41, 5.74) is 8.58. The van der Waals surface area contributed by atoms with E-state index in [2.05, 4.69) is 73.0 Å². The predicted octanol–water partition coefficient (Wildman–Crippen LogP) is 4.19. The summed E-state index contributed by atoms with van der Waals surface area (Å²) in [5, 5.41) is 6.26. The van der Waals surface area contributed by atoms with Crippen LogP contribution in [0, 0.1) is 0 Å². The first-order valence-electron chi connectivity index (χ1n) is 8.62. The summed E-state index contributed by atoms with van der Waals surface area (Å²) in [6.45, 7) is 6.33. The van der Waals surface area contributed by atoms with Crippen LogP contribution in [0.5, 0.6) is 0 Å². The Morgan fingerprint density at radius 2 is 1.16 bits per heavy atom. The summed E-state index contributed by atoms with van der Waals surface area (Å²) in [6.07, 6.45) is 1.92. The van der Waals surface area contributed by atoms with Crippen molar-refractivity contribution in [3.8, 4) is 0 Å². The van der Waals surface area contributed by atoms with Gasteiger partial charge >= 0.3 is 0 Å². The Hall–Kier alpha value is -1.78. The first kappa shape index (κ1) is 19.5. The summed E-state index contributed by atoms with van der Waals surface area (Å²) in [5.74, 6) is 0. The van der Waals surface area contributed by atoms with Crippen LogP contribution in [-0.4, -0.2) is 24.1 Å². The highest BCUT2D eigenvalue weighted by Crippen LogP contribution is 2.35. The molecule has 0 aliphatic rings. The average Bonchev–Trinajstić information content (AvgIpc) is 2.63. The standard InChI is InChI=1S/C21H26N2S2/c1-21(2,19-9-5-3-7-17(19)11-13-22-15-24)20-10-6-4-8-18(20)12-14-23-16-25/h3-10,15-16H,11-14H2,1-2H3,(H,22,24)(H,23,25). The van der Waals surface area contributed by atoms with Gasteiger partial charge in [-0.2, -0.15) is 0 Å². The molecule has 4 heteroatoms. The second-order valence-corrected chi connectivity index (χ2v) is 7.05. The van der Waals surface area contributed by atoms with Crippen molar-refractivity contribution in [2.75, 3.05) is 13.1 Å². The molecule has 2 aromatic carbocycles. The molecule has 0 fully saturated rings. The minimum atomic E-state index is -0.0669. The van der Waals surface area contributed by atoms with Crippen molar-refractivity contribution < 1.29 is 0 Å². The molecule has 0 unspecified atom stereocenters. The van der Waals surface area contributed by atoms with Crippen molar-refractivity contribution in [1.82, 2.24) is 10.6 Å². The van der Waals surface area contributed by atoms with Crippen molar-refractivity contribution in [1.29, 1.82) is 0 Å². The molecule has 25 heavy (non-hydrogen) atoms. The molecule has 0 spiro atoms. The van der Waals surface area contributed by atoms with Gasteiger partial charge < -0.3 is 10.6 Å². The molecule has 0 aromatic heterocycles. The Labute approximate surface area is 162 Å². The van der Waals surface area contributed by atoms with Gasteiger partial charge in [-0.05, 0) is 35.1 Å². The third kappa shape index (κ3) is 5.10. The quantitative estimate of drug-likeness (QED) is 0.484. The van der Waals surface area contributed by atoms with Crippen molar-refractivity contribution in [3.05, 3.63) is 70.8 Å². The molecule has 0 aliphatic heterocycles. The number of hydrogen-bond donors (Lipinski definition) is 2. The number of hydrogen-bond acceptors (Lipinski definition) is 2. The highest BCUT2D eigenvalue weighted by Gasteiger charge is 2.27. The minimum absolute atomic E-state index is 0.0669. The number of nitrogens with one attached hydrogen (secondary N) is 2. The highest BCUT2D eigenvalue weighted by molar-refractivity contribution is 7.79. The fourth-order valence-electron chi connectivity index (χ4n) is 3.37.